The van der Waals surface area contributed by atoms with Crippen LogP contribution in [0.4, 0.5) is 0 Å². The maximum absolute atomic E-state index is 12.5. The first-order valence-electron chi connectivity index (χ1n) is 9.02. The van der Waals surface area contributed by atoms with Gasteiger partial charge in [-0.15, -0.1) is 5.10 Å². The molecule has 3 heterocycles. The minimum Gasteiger partial charge on any atom is -0.378 e. The van der Waals surface area contributed by atoms with Crippen LogP contribution in [0.1, 0.15) is 31.0 Å². The molecular formula is C18H23N5O3. The number of amides is 1. The summed E-state index contributed by atoms with van der Waals surface area (Å²) in [6.07, 6.45) is 6.42. The summed E-state index contributed by atoms with van der Waals surface area (Å²) in [5.41, 5.74) is 0.691. The van der Waals surface area contributed by atoms with Crippen LogP contribution in [-0.2, 0) is 16.1 Å². The van der Waals surface area contributed by atoms with Gasteiger partial charge in [0.2, 0.25) is 5.91 Å². The number of rotatable bonds is 5. The van der Waals surface area contributed by atoms with E-state index in [9.17, 15) is 9.59 Å². The highest BCUT2D eigenvalue weighted by Gasteiger charge is 2.38. The molecule has 8 nitrogen and oxygen atoms in total. The predicted octanol–water partition coefficient (Wildman–Crippen LogP) is 0.686. The summed E-state index contributed by atoms with van der Waals surface area (Å²) in [6, 6.07) is 5.26. The number of likely N-dealkylation sites (tertiary alicyclic amines) is 1. The quantitative estimate of drug-likeness (QED) is 0.786. The third kappa shape index (κ3) is 3.29. The fraction of sp³-hybridized carbons (Fsp3) is 0.556. The van der Waals surface area contributed by atoms with Crippen molar-refractivity contribution < 1.29 is 9.53 Å². The highest BCUT2D eigenvalue weighted by molar-refractivity contribution is 5.80. The van der Waals surface area contributed by atoms with Crippen molar-refractivity contribution in [2.24, 2.45) is 5.92 Å². The van der Waals surface area contributed by atoms with Crippen molar-refractivity contribution in [3.05, 3.63) is 46.6 Å². The molecule has 1 aliphatic heterocycles. The molecular weight excluding hydrogens is 334 g/mol. The number of aromatic nitrogens is 4. The number of carbonyl (C=O) groups excluding carboxylic acids is 1. The first-order valence-corrected chi connectivity index (χ1v) is 9.02. The van der Waals surface area contributed by atoms with E-state index in [0.29, 0.717) is 19.6 Å². The zero-order valence-electron chi connectivity index (χ0n) is 14.8. The van der Waals surface area contributed by atoms with Crippen LogP contribution in [0.3, 0.4) is 0 Å². The van der Waals surface area contributed by atoms with Crippen LogP contribution in [0.15, 0.2) is 35.4 Å². The molecule has 138 valence electrons. The highest BCUT2D eigenvalue weighted by atomic mass is 16.5. The number of hydrogen-bond acceptors (Lipinski definition) is 5. The molecule has 1 saturated carbocycles. The van der Waals surface area contributed by atoms with Gasteiger partial charge in [-0.3, -0.25) is 9.59 Å². The van der Waals surface area contributed by atoms with Gasteiger partial charge >= 0.3 is 0 Å². The van der Waals surface area contributed by atoms with Crippen LogP contribution in [0, 0.1) is 5.92 Å². The molecule has 1 saturated heterocycles. The molecule has 2 aromatic rings. The third-order valence-electron chi connectivity index (χ3n) is 5.41. The van der Waals surface area contributed by atoms with E-state index in [1.54, 1.807) is 23.9 Å². The lowest BCUT2D eigenvalue weighted by Gasteiger charge is -2.39. The molecule has 2 unspecified atom stereocenters. The van der Waals surface area contributed by atoms with Crippen LogP contribution >= 0.6 is 0 Å². The van der Waals surface area contributed by atoms with Gasteiger partial charge in [-0.25, -0.2) is 4.68 Å². The first kappa shape index (κ1) is 17.0. The Morgan fingerprint density at radius 3 is 2.92 bits per heavy atom. The van der Waals surface area contributed by atoms with Crippen molar-refractivity contribution in [3.63, 3.8) is 0 Å². The Labute approximate surface area is 151 Å². The summed E-state index contributed by atoms with van der Waals surface area (Å²) >= 11 is 0. The maximum Gasteiger partial charge on any atom is 0.250 e. The summed E-state index contributed by atoms with van der Waals surface area (Å²) in [5, 5.41) is 8.42. The van der Waals surface area contributed by atoms with Gasteiger partial charge in [0.05, 0.1) is 24.9 Å². The molecule has 0 radical (unpaired) electrons. The van der Waals surface area contributed by atoms with Gasteiger partial charge < -0.3 is 14.2 Å². The summed E-state index contributed by atoms with van der Waals surface area (Å²) in [4.78, 5) is 26.2. The molecule has 1 aliphatic carbocycles. The number of hydrogen-bond donors (Lipinski definition) is 0. The smallest absolute Gasteiger partial charge is 0.250 e. The van der Waals surface area contributed by atoms with Crippen molar-refractivity contribution in [1.82, 2.24) is 24.5 Å². The van der Waals surface area contributed by atoms with E-state index in [-0.39, 0.29) is 29.5 Å². The molecule has 4 rings (SSSR count). The Kier molecular flexibility index (Phi) is 4.58. The van der Waals surface area contributed by atoms with E-state index >= 15 is 0 Å². The van der Waals surface area contributed by atoms with E-state index in [2.05, 4.69) is 10.3 Å². The van der Waals surface area contributed by atoms with Gasteiger partial charge in [0, 0.05) is 38.4 Å². The monoisotopic (exact) mass is 357 g/mol. The second kappa shape index (κ2) is 7.03. The molecule has 0 N–H and O–H groups in total. The summed E-state index contributed by atoms with van der Waals surface area (Å²) in [7, 11) is 1.68. The largest absolute Gasteiger partial charge is 0.378 e. The van der Waals surface area contributed by atoms with E-state index < -0.39 is 0 Å². The maximum atomic E-state index is 12.5. The van der Waals surface area contributed by atoms with Crippen molar-refractivity contribution in [2.75, 3.05) is 20.2 Å². The fourth-order valence-corrected chi connectivity index (χ4v) is 3.78. The average molecular weight is 357 g/mol. The molecule has 2 aliphatic rings. The van der Waals surface area contributed by atoms with E-state index in [1.807, 2.05) is 21.8 Å². The minimum absolute atomic E-state index is 0.0576. The second-order valence-electron chi connectivity index (χ2n) is 7.12. The van der Waals surface area contributed by atoms with Gasteiger partial charge in [-0.1, -0.05) is 11.3 Å². The zero-order valence-corrected chi connectivity index (χ0v) is 14.8. The number of pyridine rings is 1. The average Bonchev–Trinajstić information content (AvgIpc) is 3.25. The molecule has 26 heavy (non-hydrogen) atoms. The predicted molar refractivity (Wildman–Crippen MR) is 93.6 cm³/mol. The van der Waals surface area contributed by atoms with E-state index in [1.165, 1.54) is 6.07 Å². The lowest BCUT2D eigenvalue weighted by atomic mass is 10.0. The Hall–Kier alpha value is -2.48. The second-order valence-corrected chi connectivity index (χ2v) is 7.12. The van der Waals surface area contributed by atoms with E-state index in [4.69, 9.17) is 4.74 Å². The molecule has 0 aromatic carbocycles. The molecule has 8 heteroatoms. The molecule has 2 aromatic heterocycles. The number of ether oxygens (including phenoxy) is 1. The zero-order chi connectivity index (χ0) is 18.1. The highest BCUT2D eigenvalue weighted by Crippen LogP contribution is 2.36. The Balaban J connectivity index is 1.36. The molecule has 2 fully saturated rings. The van der Waals surface area contributed by atoms with Gasteiger partial charge in [-0.05, 0) is 25.3 Å². The van der Waals surface area contributed by atoms with Crippen molar-refractivity contribution in [2.45, 2.75) is 38.0 Å². The van der Waals surface area contributed by atoms with E-state index in [0.717, 1.165) is 25.0 Å². The summed E-state index contributed by atoms with van der Waals surface area (Å²) in [5.74, 6) is 0.291. The fourth-order valence-electron chi connectivity index (χ4n) is 3.78. The van der Waals surface area contributed by atoms with Crippen LogP contribution in [0.5, 0.6) is 0 Å². The topological polar surface area (TPSA) is 82.2 Å². The molecule has 0 bridgehead atoms. The van der Waals surface area contributed by atoms with Crippen LogP contribution in [0.2, 0.25) is 0 Å². The van der Waals surface area contributed by atoms with Crippen LogP contribution in [0.25, 0.3) is 0 Å². The first-order chi connectivity index (χ1) is 12.6. The molecule has 1 amide bonds. The van der Waals surface area contributed by atoms with Crippen LogP contribution < -0.4 is 5.56 Å². The summed E-state index contributed by atoms with van der Waals surface area (Å²) < 4.78 is 8.69. The van der Waals surface area contributed by atoms with Gasteiger partial charge in [-0.2, -0.15) is 0 Å². The lowest BCUT2D eigenvalue weighted by Crippen LogP contribution is -2.55. The summed E-state index contributed by atoms with van der Waals surface area (Å²) in [6.45, 7) is 1.81. The molecule has 0 spiro atoms. The van der Waals surface area contributed by atoms with Gasteiger partial charge in [0.15, 0.2) is 0 Å². The number of carbonyl (C=O) groups is 1. The number of methoxy groups -OCH3 is 1. The van der Waals surface area contributed by atoms with Crippen molar-refractivity contribution >= 4 is 5.91 Å². The minimum atomic E-state index is -0.0579. The Morgan fingerprint density at radius 1 is 1.31 bits per heavy atom. The number of nitrogens with zero attached hydrogens (tertiary/aromatic N) is 5. The lowest BCUT2D eigenvalue weighted by molar-refractivity contribution is -0.147. The van der Waals surface area contributed by atoms with Gasteiger partial charge in [0.25, 0.3) is 5.56 Å². The van der Waals surface area contributed by atoms with Crippen molar-refractivity contribution in [1.29, 1.82) is 0 Å². The van der Waals surface area contributed by atoms with Crippen molar-refractivity contribution in [3.8, 4) is 0 Å². The Bertz CT molecular complexity index is 839. The normalized spacial score (nSPS) is 23.2. The standard InChI is InChI=1S/C18H23N5O3/c1-26-16-11-22(12-16)18(25)13-5-6-15(8-13)23-10-14(19-20-23)9-21-7-3-2-4-17(21)24/h2-4,7,10,13,15-16H,5-6,8-9,11-12H2,1H3. The van der Waals surface area contributed by atoms with Crippen LogP contribution in [-0.4, -0.2) is 56.7 Å². The molecule has 2 atom stereocenters. The van der Waals surface area contributed by atoms with Gasteiger partial charge in [0.1, 0.15) is 5.69 Å². The Morgan fingerprint density at radius 2 is 2.15 bits per heavy atom. The third-order valence-corrected chi connectivity index (χ3v) is 5.41. The SMILES string of the molecule is COC1CN(C(=O)C2CCC(n3cc(Cn4ccccc4=O)nn3)C2)C1.